The quantitative estimate of drug-likeness (QED) is 0.514. The third kappa shape index (κ3) is 1.79. The van der Waals surface area contributed by atoms with Crippen molar-refractivity contribution in [2.45, 2.75) is 6.54 Å². The van der Waals surface area contributed by atoms with E-state index in [4.69, 9.17) is 0 Å². The summed E-state index contributed by atoms with van der Waals surface area (Å²) in [5, 5.41) is 0. The topological polar surface area (TPSA) is 52.6 Å². The summed E-state index contributed by atoms with van der Waals surface area (Å²) in [6, 6.07) is 3.91. The van der Waals surface area contributed by atoms with Crippen molar-refractivity contribution in [3.63, 3.8) is 0 Å². The van der Waals surface area contributed by atoms with Gasteiger partial charge < -0.3 is 0 Å². The number of quaternary nitrogens is 1. The van der Waals surface area contributed by atoms with Gasteiger partial charge in [-0.25, -0.2) is 0 Å². The van der Waals surface area contributed by atoms with Gasteiger partial charge in [0.05, 0.1) is 6.54 Å². The lowest BCUT2D eigenvalue weighted by Crippen LogP contribution is -2.64. The van der Waals surface area contributed by atoms with Gasteiger partial charge in [-0.2, -0.15) is 5.43 Å². The Morgan fingerprint density at radius 2 is 2.56 bits per heavy atom. The summed E-state index contributed by atoms with van der Waals surface area (Å²) in [6.45, 7) is 0.786. The zero-order valence-electron chi connectivity index (χ0n) is 5.17. The Morgan fingerprint density at radius 1 is 1.67 bits per heavy atom. The fourth-order valence-electron chi connectivity index (χ4n) is 0.647. The van der Waals surface area contributed by atoms with E-state index >= 15 is 0 Å². The van der Waals surface area contributed by atoms with E-state index in [0.29, 0.717) is 0 Å². The second-order valence-electron chi connectivity index (χ2n) is 1.79. The first-order valence-corrected chi connectivity index (χ1v) is 2.82. The number of nitrogens with one attached hydrogen (secondary N) is 1. The molecule has 0 saturated carbocycles. The molecule has 0 aliphatic heterocycles. The maximum absolute atomic E-state index is 3.94. The SMILES string of the molecule is [NH3+]NCc1cccnc1. The predicted molar refractivity (Wildman–Crippen MR) is 34.0 cm³/mol. The molecule has 0 unspecified atom stereocenters. The Balaban J connectivity index is 2.61. The molecule has 48 valence electrons. The largest absolute Gasteiger partial charge is 0.280 e. The normalized spacial score (nSPS) is 9.44. The van der Waals surface area contributed by atoms with Crippen LogP contribution in [0.5, 0.6) is 0 Å². The Bertz CT molecular complexity index is 161. The van der Waals surface area contributed by atoms with Gasteiger partial charge in [-0.05, 0) is 11.6 Å². The summed E-state index contributed by atoms with van der Waals surface area (Å²) in [5.41, 5.74) is 3.95. The molecule has 0 aromatic carbocycles. The van der Waals surface area contributed by atoms with Crippen molar-refractivity contribution in [2.75, 3.05) is 0 Å². The molecule has 0 aliphatic rings. The lowest BCUT2D eigenvalue weighted by Gasteiger charge is -1.92. The van der Waals surface area contributed by atoms with Gasteiger partial charge in [-0.3, -0.25) is 10.8 Å². The van der Waals surface area contributed by atoms with Gasteiger partial charge in [-0.15, -0.1) is 0 Å². The minimum absolute atomic E-state index is 0.786. The van der Waals surface area contributed by atoms with Crippen LogP contribution >= 0.6 is 0 Å². The molecule has 0 atom stereocenters. The van der Waals surface area contributed by atoms with E-state index in [1.807, 2.05) is 18.3 Å². The van der Waals surface area contributed by atoms with E-state index in [2.05, 4.69) is 16.3 Å². The summed E-state index contributed by atoms with van der Waals surface area (Å²) in [6.07, 6.45) is 3.57. The van der Waals surface area contributed by atoms with Gasteiger partial charge in [0.25, 0.3) is 0 Å². The Hall–Kier alpha value is -0.930. The standard InChI is InChI=1S/C6H9N3/c7-9-5-6-2-1-3-8-4-6/h1-4,9H,5,7H2/p+1. The van der Waals surface area contributed by atoms with E-state index in [1.165, 1.54) is 0 Å². The predicted octanol–water partition coefficient (Wildman–Crippen LogP) is -0.672. The second-order valence-corrected chi connectivity index (χ2v) is 1.79. The van der Waals surface area contributed by atoms with Gasteiger partial charge >= 0.3 is 0 Å². The van der Waals surface area contributed by atoms with Crippen LogP contribution in [-0.4, -0.2) is 4.98 Å². The highest BCUT2D eigenvalue weighted by Gasteiger charge is 1.86. The molecule has 0 radical (unpaired) electrons. The van der Waals surface area contributed by atoms with Crippen molar-refractivity contribution in [2.24, 2.45) is 0 Å². The summed E-state index contributed by atoms with van der Waals surface area (Å²) >= 11 is 0. The third-order valence-corrected chi connectivity index (χ3v) is 1.05. The second kappa shape index (κ2) is 3.17. The first-order valence-electron chi connectivity index (χ1n) is 2.82. The molecule has 1 heterocycles. The molecule has 9 heavy (non-hydrogen) atoms. The highest BCUT2D eigenvalue weighted by Crippen LogP contribution is 1.91. The average molecular weight is 124 g/mol. The van der Waals surface area contributed by atoms with Gasteiger partial charge in [0.2, 0.25) is 0 Å². The number of nitrogens with zero attached hydrogens (tertiary/aromatic N) is 1. The fourth-order valence-corrected chi connectivity index (χ4v) is 0.647. The Labute approximate surface area is 53.9 Å². The Morgan fingerprint density at radius 3 is 3.11 bits per heavy atom. The first-order chi connectivity index (χ1) is 4.43. The summed E-state index contributed by atoms with van der Waals surface area (Å²) in [5.74, 6) is 3.50. The smallest absolute Gasteiger partial charge is 0.0708 e. The van der Waals surface area contributed by atoms with Gasteiger partial charge in [0.1, 0.15) is 0 Å². The maximum Gasteiger partial charge on any atom is 0.0708 e. The molecule has 1 rings (SSSR count). The summed E-state index contributed by atoms with van der Waals surface area (Å²) in [4.78, 5) is 3.94. The number of rotatable bonds is 2. The van der Waals surface area contributed by atoms with Crippen LogP contribution in [0.25, 0.3) is 0 Å². The number of aromatic nitrogens is 1. The molecule has 0 aliphatic carbocycles. The molecule has 1 aromatic rings. The molecule has 0 bridgehead atoms. The zero-order valence-corrected chi connectivity index (χ0v) is 5.17. The molecule has 0 spiro atoms. The first kappa shape index (κ1) is 6.19. The van der Waals surface area contributed by atoms with E-state index in [-0.39, 0.29) is 0 Å². The monoisotopic (exact) mass is 124 g/mol. The highest BCUT2D eigenvalue weighted by atomic mass is 15.2. The van der Waals surface area contributed by atoms with Crippen molar-refractivity contribution < 1.29 is 5.84 Å². The van der Waals surface area contributed by atoms with Crippen LogP contribution in [0.4, 0.5) is 0 Å². The van der Waals surface area contributed by atoms with E-state index in [0.717, 1.165) is 12.1 Å². The average Bonchev–Trinajstić information content (AvgIpc) is 1.91. The molecule has 0 saturated heterocycles. The van der Waals surface area contributed by atoms with Crippen molar-refractivity contribution in [1.82, 2.24) is 10.4 Å². The van der Waals surface area contributed by atoms with Crippen LogP contribution in [0, 0.1) is 0 Å². The van der Waals surface area contributed by atoms with Crippen LogP contribution in [0.2, 0.25) is 0 Å². The van der Waals surface area contributed by atoms with Gasteiger partial charge in [0, 0.05) is 12.4 Å². The van der Waals surface area contributed by atoms with Crippen molar-refractivity contribution in [3.8, 4) is 0 Å². The summed E-state index contributed by atoms with van der Waals surface area (Å²) in [7, 11) is 0. The van der Waals surface area contributed by atoms with Crippen LogP contribution in [0.1, 0.15) is 5.56 Å². The number of pyridine rings is 1. The molecular weight excluding hydrogens is 114 g/mol. The highest BCUT2D eigenvalue weighted by molar-refractivity contribution is 5.07. The van der Waals surface area contributed by atoms with E-state index < -0.39 is 0 Å². The molecule has 3 nitrogen and oxygen atoms in total. The van der Waals surface area contributed by atoms with E-state index in [1.54, 1.807) is 6.20 Å². The lowest BCUT2D eigenvalue weighted by molar-refractivity contribution is -0.446. The molecule has 0 amide bonds. The Kier molecular flexibility index (Phi) is 2.18. The van der Waals surface area contributed by atoms with Gasteiger partial charge in [0.15, 0.2) is 0 Å². The number of hydrogen-bond acceptors (Lipinski definition) is 2. The van der Waals surface area contributed by atoms with Crippen LogP contribution in [-0.2, 0) is 6.54 Å². The molecular formula is C6H10N3+. The van der Waals surface area contributed by atoms with Crippen molar-refractivity contribution in [1.29, 1.82) is 0 Å². The summed E-state index contributed by atoms with van der Waals surface area (Å²) < 4.78 is 0. The minimum Gasteiger partial charge on any atom is -0.280 e. The van der Waals surface area contributed by atoms with Crippen LogP contribution in [0.15, 0.2) is 24.5 Å². The zero-order chi connectivity index (χ0) is 6.53. The van der Waals surface area contributed by atoms with Gasteiger partial charge in [-0.1, -0.05) is 6.07 Å². The minimum atomic E-state index is 0.786. The third-order valence-electron chi connectivity index (χ3n) is 1.05. The van der Waals surface area contributed by atoms with Crippen LogP contribution < -0.4 is 11.3 Å². The molecule has 4 N–H and O–H groups in total. The molecule has 0 fully saturated rings. The molecule has 1 aromatic heterocycles. The fraction of sp³-hybridized carbons (Fsp3) is 0.167. The molecule has 3 heteroatoms. The maximum atomic E-state index is 3.94. The van der Waals surface area contributed by atoms with Crippen molar-refractivity contribution in [3.05, 3.63) is 30.1 Å². The van der Waals surface area contributed by atoms with E-state index in [9.17, 15) is 0 Å². The number of hydrogen-bond donors (Lipinski definition) is 2. The van der Waals surface area contributed by atoms with Crippen LogP contribution in [0.3, 0.4) is 0 Å². The lowest BCUT2D eigenvalue weighted by atomic mass is 10.3. The van der Waals surface area contributed by atoms with Crippen molar-refractivity contribution >= 4 is 0 Å².